The molecule has 0 aliphatic rings. The first-order valence-corrected chi connectivity index (χ1v) is 5.86. The van der Waals surface area contributed by atoms with Crippen molar-refractivity contribution in [1.82, 2.24) is 5.32 Å². The molecule has 0 spiro atoms. The van der Waals surface area contributed by atoms with Gasteiger partial charge in [0, 0.05) is 12.3 Å². The molecule has 0 saturated carbocycles. The summed E-state index contributed by atoms with van der Waals surface area (Å²) in [5.41, 5.74) is 0. The number of unbranched alkanes of at least 4 members (excludes halogenated alkanes) is 5. The van der Waals surface area contributed by atoms with Crippen molar-refractivity contribution in [2.24, 2.45) is 0 Å². The van der Waals surface area contributed by atoms with E-state index in [1.54, 1.807) is 0 Å². The van der Waals surface area contributed by atoms with Crippen molar-refractivity contribution in [1.29, 1.82) is 0 Å². The van der Waals surface area contributed by atoms with E-state index in [2.05, 4.69) is 24.9 Å². The summed E-state index contributed by atoms with van der Waals surface area (Å²) in [5, 5.41) is 3.35. The van der Waals surface area contributed by atoms with E-state index in [1.807, 2.05) is 0 Å². The highest BCUT2D eigenvalue weighted by atomic mass is 32.1. The molecule has 0 aromatic heterocycles. The molecule has 0 unspecified atom stereocenters. The Morgan fingerprint density at radius 2 is 1.58 bits per heavy atom. The predicted molar refractivity (Wildman–Crippen MR) is 60.1 cm³/mol. The van der Waals surface area contributed by atoms with Gasteiger partial charge in [-0.05, 0) is 13.0 Å². The molecule has 0 saturated heterocycles. The molecule has 74 valence electrons. The monoisotopic (exact) mass is 189 g/mol. The lowest BCUT2D eigenvalue weighted by Crippen LogP contribution is -2.17. The Hall–Kier alpha value is 0.310. The molecule has 0 aliphatic heterocycles. The Morgan fingerprint density at radius 3 is 2.25 bits per heavy atom. The molecular weight excluding hydrogens is 166 g/mol. The highest BCUT2D eigenvalue weighted by Crippen LogP contribution is 2.03. The highest BCUT2D eigenvalue weighted by Gasteiger charge is 1.89. The van der Waals surface area contributed by atoms with Crippen LogP contribution in [-0.2, 0) is 0 Å². The van der Waals surface area contributed by atoms with E-state index in [0.717, 1.165) is 12.3 Å². The number of thiol groups is 1. The minimum absolute atomic E-state index is 0.954. The summed E-state index contributed by atoms with van der Waals surface area (Å²) in [7, 11) is 0. The molecule has 0 bridgehead atoms. The fourth-order valence-corrected chi connectivity index (χ4v) is 1.39. The number of nitrogens with one attached hydrogen (secondary N) is 1. The van der Waals surface area contributed by atoms with Crippen LogP contribution in [0.15, 0.2) is 0 Å². The fraction of sp³-hybridized carbons (Fsp3) is 1.00. The van der Waals surface area contributed by atoms with Gasteiger partial charge in [-0.15, -0.1) is 0 Å². The average molecular weight is 189 g/mol. The van der Waals surface area contributed by atoms with E-state index in [-0.39, 0.29) is 0 Å². The molecule has 0 aromatic rings. The zero-order valence-corrected chi connectivity index (χ0v) is 9.21. The first-order chi connectivity index (χ1) is 5.91. The minimum Gasteiger partial charge on any atom is -0.316 e. The summed E-state index contributed by atoms with van der Waals surface area (Å²) >= 11 is 4.13. The van der Waals surface area contributed by atoms with Crippen LogP contribution in [0.1, 0.15) is 45.4 Å². The van der Waals surface area contributed by atoms with Crippen LogP contribution in [0.2, 0.25) is 0 Å². The lowest BCUT2D eigenvalue weighted by atomic mass is 10.1. The van der Waals surface area contributed by atoms with E-state index < -0.39 is 0 Å². The minimum atomic E-state index is 0.954. The first kappa shape index (κ1) is 12.3. The van der Waals surface area contributed by atoms with Crippen LogP contribution in [0.3, 0.4) is 0 Å². The van der Waals surface area contributed by atoms with Crippen LogP contribution in [-0.4, -0.2) is 18.8 Å². The molecule has 0 aromatic carbocycles. The number of rotatable bonds is 9. The van der Waals surface area contributed by atoms with Crippen LogP contribution >= 0.6 is 12.6 Å². The van der Waals surface area contributed by atoms with Crippen molar-refractivity contribution < 1.29 is 0 Å². The van der Waals surface area contributed by atoms with Gasteiger partial charge in [-0.2, -0.15) is 12.6 Å². The first-order valence-electron chi connectivity index (χ1n) is 5.23. The Kier molecular flexibility index (Phi) is 11.6. The van der Waals surface area contributed by atoms with Crippen molar-refractivity contribution in [3.05, 3.63) is 0 Å². The molecule has 0 heterocycles. The van der Waals surface area contributed by atoms with E-state index in [4.69, 9.17) is 0 Å². The lowest BCUT2D eigenvalue weighted by molar-refractivity contribution is 0.581. The zero-order valence-electron chi connectivity index (χ0n) is 8.31. The molecule has 2 heteroatoms. The van der Waals surface area contributed by atoms with Gasteiger partial charge in [0.2, 0.25) is 0 Å². The Bertz CT molecular complexity index is 66.2. The van der Waals surface area contributed by atoms with Gasteiger partial charge >= 0.3 is 0 Å². The van der Waals surface area contributed by atoms with Crippen molar-refractivity contribution in [2.45, 2.75) is 45.4 Å². The Balaban J connectivity index is 2.73. The molecule has 0 radical (unpaired) electrons. The topological polar surface area (TPSA) is 12.0 Å². The van der Waals surface area contributed by atoms with Crippen LogP contribution in [0.5, 0.6) is 0 Å². The summed E-state index contributed by atoms with van der Waals surface area (Å²) in [6.45, 7) is 4.49. The van der Waals surface area contributed by atoms with E-state index in [1.165, 1.54) is 45.1 Å². The Morgan fingerprint density at radius 1 is 0.917 bits per heavy atom. The molecule has 0 atom stereocenters. The van der Waals surface area contributed by atoms with Gasteiger partial charge in [-0.3, -0.25) is 0 Å². The summed E-state index contributed by atoms with van der Waals surface area (Å²) in [6, 6.07) is 0. The predicted octanol–water partition coefficient (Wildman–Crippen LogP) is 2.87. The van der Waals surface area contributed by atoms with Crippen molar-refractivity contribution in [3.63, 3.8) is 0 Å². The average Bonchev–Trinajstić information content (AvgIpc) is 2.10. The summed E-state index contributed by atoms with van der Waals surface area (Å²) in [6.07, 6.45) is 8.30. The molecule has 0 amide bonds. The molecule has 1 N–H and O–H groups in total. The third kappa shape index (κ3) is 10.3. The second kappa shape index (κ2) is 11.3. The van der Waals surface area contributed by atoms with Crippen LogP contribution in [0.25, 0.3) is 0 Å². The lowest BCUT2D eigenvalue weighted by Gasteiger charge is -2.02. The van der Waals surface area contributed by atoms with Gasteiger partial charge in [0.25, 0.3) is 0 Å². The van der Waals surface area contributed by atoms with E-state index >= 15 is 0 Å². The van der Waals surface area contributed by atoms with Gasteiger partial charge in [0.15, 0.2) is 0 Å². The van der Waals surface area contributed by atoms with Gasteiger partial charge in [0.05, 0.1) is 0 Å². The second-order valence-corrected chi connectivity index (χ2v) is 3.69. The molecular formula is C10H23NS. The van der Waals surface area contributed by atoms with Crippen molar-refractivity contribution in [2.75, 3.05) is 18.8 Å². The van der Waals surface area contributed by atoms with Gasteiger partial charge < -0.3 is 5.32 Å². The smallest absolute Gasteiger partial charge is 0.00397 e. The maximum atomic E-state index is 4.13. The third-order valence-electron chi connectivity index (χ3n) is 2.00. The van der Waals surface area contributed by atoms with Crippen molar-refractivity contribution >= 4 is 12.6 Å². The van der Waals surface area contributed by atoms with Crippen LogP contribution < -0.4 is 5.32 Å². The molecule has 0 fully saturated rings. The van der Waals surface area contributed by atoms with E-state index in [9.17, 15) is 0 Å². The summed E-state index contributed by atoms with van der Waals surface area (Å²) in [4.78, 5) is 0. The fourth-order valence-electron chi connectivity index (χ4n) is 1.23. The summed E-state index contributed by atoms with van der Waals surface area (Å²) in [5.74, 6) is 0.954. The number of hydrogen-bond acceptors (Lipinski definition) is 2. The Labute approximate surface area is 82.7 Å². The van der Waals surface area contributed by atoms with Crippen LogP contribution in [0, 0.1) is 0 Å². The highest BCUT2D eigenvalue weighted by molar-refractivity contribution is 7.80. The third-order valence-corrected chi connectivity index (χ3v) is 2.22. The number of hydrogen-bond donors (Lipinski definition) is 2. The molecule has 12 heavy (non-hydrogen) atoms. The summed E-state index contributed by atoms with van der Waals surface area (Å²) < 4.78 is 0. The second-order valence-electron chi connectivity index (χ2n) is 3.24. The van der Waals surface area contributed by atoms with Gasteiger partial charge in [-0.1, -0.05) is 39.0 Å². The quantitative estimate of drug-likeness (QED) is 0.420. The SMILES string of the molecule is CCCCCCCCNCCS. The van der Waals surface area contributed by atoms with Gasteiger partial charge in [0.1, 0.15) is 0 Å². The zero-order chi connectivity index (χ0) is 9.07. The van der Waals surface area contributed by atoms with Crippen molar-refractivity contribution in [3.8, 4) is 0 Å². The van der Waals surface area contributed by atoms with Gasteiger partial charge in [-0.25, -0.2) is 0 Å². The molecule has 1 nitrogen and oxygen atoms in total. The standard InChI is InChI=1S/C10H23NS/c1-2-3-4-5-6-7-8-11-9-10-12/h11-12H,2-10H2,1H3. The largest absolute Gasteiger partial charge is 0.316 e. The van der Waals surface area contributed by atoms with Crippen LogP contribution in [0.4, 0.5) is 0 Å². The maximum Gasteiger partial charge on any atom is 0.00397 e. The maximum absolute atomic E-state index is 4.13. The normalized spacial score (nSPS) is 10.5. The molecule has 0 aliphatic carbocycles. The van der Waals surface area contributed by atoms with E-state index in [0.29, 0.717) is 0 Å². The molecule has 0 rings (SSSR count).